The monoisotopic (exact) mass is 244 g/mol. The number of rotatable bonds is 2. The molecule has 0 bridgehead atoms. The highest BCUT2D eigenvalue weighted by atomic mass is 16.1. The van der Waals surface area contributed by atoms with E-state index in [1.165, 1.54) is 0 Å². The lowest BCUT2D eigenvalue weighted by atomic mass is 9.98. The van der Waals surface area contributed by atoms with Crippen LogP contribution in [0.15, 0.2) is 29.5 Å². The summed E-state index contributed by atoms with van der Waals surface area (Å²) in [4.78, 5) is 16.3. The molecule has 1 N–H and O–H groups in total. The maximum atomic E-state index is 12.2. The van der Waals surface area contributed by atoms with Crippen LogP contribution in [-0.2, 0) is 6.54 Å². The van der Waals surface area contributed by atoms with Crippen LogP contribution >= 0.6 is 0 Å². The molecule has 0 spiro atoms. The fourth-order valence-corrected chi connectivity index (χ4v) is 2.46. The molecule has 18 heavy (non-hydrogen) atoms. The van der Waals surface area contributed by atoms with Crippen molar-refractivity contribution >= 4 is 10.8 Å². The van der Waals surface area contributed by atoms with E-state index in [9.17, 15) is 4.79 Å². The van der Waals surface area contributed by atoms with Crippen molar-refractivity contribution in [2.75, 3.05) is 13.1 Å². The summed E-state index contributed by atoms with van der Waals surface area (Å²) in [6, 6.07) is 1.82. The van der Waals surface area contributed by atoms with Gasteiger partial charge in [0.2, 0.25) is 0 Å². The molecule has 5 heteroatoms. The van der Waals surface area contributed by atoms with Crippen molar-refractivity contribution < 1.29 is 0 Å². The molecule has 2 aromatic rings. The number of pyridine rings is 1. The molecule has 1 fully saturated rings. The first kappa shape index (κ1) is 11.3. The van der Waals surface area contributed by atoms with Crippen LogP contribution in [0.25, 0.3) is 10.8 Å². The molecule has 1 saturated heterocycles. The Balaban J connectivity index is 1.92. The Morgan fingerprint density at radius 2 is 2.17 bits per heavy atom. The third kappa shape index (κ3) is 2.13. The predicted molar refractivity (Wildman–Crippen MR) is 69.4 cm³/mol. The molecule has 0 saturated carbocycles. The van der Waals surface area contributed by atoms with Crippen LogP contribution in [0.3, 0.4) is 0 Å². The van der Waals surface area contributed by atoms with Gasteiger partial charge in [0.15, 0.2) is 0 Å². The average molecular weight is 244 g/mol. The van der Waals surface area contributed by atoms with Gasteiger partial charge in [-0.15, -0.1) is 0 Å². The minimum absolute atomic E-state index is 0.0286. The average Bonchev–Trinajstić information content (AvgIpc) is 2.43. The summed E-state index contributed by atoms with van der Waals surface area (Å²) in [5.74, 6) is 0.547. The van der Waals surface area contributed by atoms with Crippen LogP contribution in [0.2, 0.25) is 0 Å². The number of aromatic nitrogens is 3. The van der Waals surface area contributed by atoms with Gasteiger partial charge in [-0.25, -0.2) is 4.68 Å². The highest BCUT2D eigenvalue weighted by Crippen LogP contribution is 2.13. The minimum Gasteiger partial charge on any atom is -0.317 e. The van der Waals surface area contributed by atoms with Crippen LogP contribution in [0.4, 0.5) is 0 Å². The molecule has 5 nitrogen and oxygen atoms in total. The number of hydrogen-bond acceptors (Lipinski definition) is 4. The normalized spacial score (nSPS) is 17.1. The molecule has 1 aliphatic rings. The largest absolute Gasteiger partial charge is 0.317 e. The summed E-state index contributed by atoms with van der Waals surface area (Å²) in [5, 5.41) is 9.10. The molecule has 0 atom stereocenters. The van der Waals surface area contributed by atoms with Crippen LogP contribution in [-0.4, -0.2) is 27.9 Å². The zero-order valence-corrected chi connectivity index (χ0v) is 10.2. The second-order valence-corrected chi connectivity index (χ2v) is 4.79. The molecular formula is C13H16N4O. The third-order valence-corrected chi connectivity index (χ3v) is 3.55. The first-order chi connectivity index (χ1) is 8.84. The summed E-state index contributed by atoms with van der Waals surface area (Å²) < 4.78 is 1.58. The summed E-state index contributed by atoms with van der Waals surface area (Å²) >= 11 is 0. The Hall–Kier alpha value is -1.75. The number of fused-ring (bicyclic) bond motifs is 1. The number of piperidine rings is 1. The van der Waals surface area contributed by atoms with Gasteiger partial charge in [-0.3, -0.25) is 9.78 Å². The molecule has 94 valence electrons. The molecule has 1 aliphatic heterocycles. The van der Waals surface area contributed by atoms with Crippen molar-refractivity contribution in [2.45, 2.75) is 19.4 Å². The predicted octanol–water partition coefficient (Wildman–Crippen LogP) is 0.791. The lowest BCUT2D eigenvalue weighted by Gasteiger charge is -2.22. The van der Waals surface area contributed by atoms with E-state index >= 15 is 0 Å². The van der Waals surface area contributed by atoms with Crippen molar-refractivity contribution in [3.63, 3.8) is 0 Å². The van der Waals surface area contributed by atoms with Crippen LogP contribution < -0.4 is 10.9 Å². The summed E-state index contributed by atoms with van der Waals surface area (Å²) in [7, 11) is 0. The van der Waals surface area contributed by atoms with E-state index < -0.39 is 0 Å². The number of nitrogens with zero attached hydrogens (tertiary/aromatic N) is 3. The van der Waals surface area contributed by atoms with Gasteiger partial charge in [0.1, 0.15) is 0 Å². The van der Waals surface area contributed by atoms with Crippen LogP contribution in [0.1, 0.15) is 12.8 Å². The second kappa shape index (κ2) is 4.86. The third-order valence-electron chi connectivity index (χ3n) is 3.55. The highest BCUT2D eigenvalue weighted by molar-refractivity contribution is 5.79. The summed E-state index contributed by atoms with van der Waals surface area (Å²) in [6.07, 6.45) is 7.27. The molecule has 0 unspecified atom stereocenters. The lowest BCUT2D eigenvalue weighted by Crippen LogP contribution is -2.33. The topological polar surface area (TPSA) is 59.8 Å². The van der Waals surface area contributed by atoms with Gasteiger partial charge in [0.05, 0.1) is 11.6 Å². The van der Waals surface area contributed by atoms with E-state index in [2.05, 4.69) is 15.4 Å². The minimum atomic E-state index is -0.0286. The molecule has 3 rings (SSSR count). The zero-order chi connectivity index (χ0) is 12.4. The smallest absolute Gasteiger partial charge is 0.276 e. The van der Waals surface area contributed by atoms with E-state index in [1.807, 2.05) is 6.07 Å². The first-order valence-electron chi connectivity index (χ1n) is 6.35. The molecule has 2 aromatic heterocycles. The molecule has 0 aromatic carbocycles. The van der Waals surface area contributed by atoms with Crippen molar-refractivity contribution in [2.24, 2.45) is 5.92 Å². The number of hydrogen-bond donors (Lipinski definition) is 1. The highest BCUT2D eigenvalue weighted by Gasteiger charge is 2.15. The number of nitrogens with one attached hydrogen (secondary N) is 1. The van der Waals surface area contributed by atoms with E-state index in [1.54, 1.807) is 23.3 Å². The van der Waals surface area contributed by atoms with E-state index in [0.29, 0.717) is 17.8 Å². The van der Waals surface area contributed by atoms with Gasteiger partial charge in [0.25, 0.3) is 5.56 Å². The quantitative estimate of drug-likeness (QED) is 0.848. The SMILES string of the molecule is O=c1c2cnccc2cnn1CC1CCNCC1. The molecule has 3 heterocycles. The Bertz CT molecular complexity index is 601. The van der Waals surface area contributed by atoms with Crippen molar-refractivity contribution in [1.82, 2.24) is 20.1 Å². The van der Waals surface area contributed by atoms with Gasteiger partial charge >= 0.3 is 0 Å². The van der Waals surface area contributed by atoms with Gasteiger partial charge in [0, 0.05) is 24.3 Å². The van der Waals surface area contributed by atoms with Crippen LogP contribution in [0, 0.1) is 5.92 Å². The van der Waals surface area contributed by atoms with Gasteiger partial charge < -0.3 is 5.32 Å². The van der Waals surface area contributed by atoms with Gasteiger partial charge in [-0.05, 0) is 37.9 Å². The molecule has 0 radical (unpaired) electrons. The Morgan fingerprint density at radius 3 is 3.00 bits per heavy atom. The molecular weight excluding hydrogens is 228 g/mol. The van der Waals surface area contributed by atoms with Crippen molar-refractivity contribution in [1.29, 1.82) is 0 Å². The van der Waals surface area contributed by atoms with E-state index in [-0.39, 0.29) is 5.56 Å². The maximum absolute atomic E-state index is 12.2. The zero-order valence-electron chi connectivity index (χ0n) is 10.2. The second-order valence-electron chi connectivity index (χ2n) is 4.79. The molecule has 0 aliphatic carbocycles. The molecule has 0 amide bonds. The van der Waals surface area contributed by atoms with Gasteiger partial charge in [-0.2, -0.15) is 5.10 Å². The Labute approximate surface area is 105 Å². The fourth-order valence-electron chi connectivity index (χ4n) is 2.46. The van der Waals surface area contributed by atoms with E-state index in [0.717, 1.165) is 31.3 Å². The first-order valence-corrected chi connectivity index (χ1v) is 6.35. The fraction of sp³-hybridized carbons (Fsp3) is 0.462. The summed E-state index contributed by atoms with van der Waals surface area (Å²) in [6.45, 7) is 2.79. The van der Waals surface area contributed by atoms with Crippen LogP contribution in [0.5, 0.6) is 0 Å². The lowest BCUT2D eigenvalue weighted by molar-refractivity contribution is 0.316. The Morgan fingerprint density at radius 1 is 1.33 bits per heavy atom. The Kier molecular flexibility index (Phi) is 3.06. The van der Waals surface area contributed by atoms with E-state index in [4.69, 9.17) is 0 Å². The maximum Gasteiger partial charge on any atom is 0.276 e. The summed E-state index contributed by atoms with van der Waals surface area (Å²) in [5.41, 5.74) is -0.0286. The van der Waals surface area contributed by atoms with Crippen molar-refractivity contribution in [3.8, 4) is 0 Å². The van der Waals surface area contributed by atoms with Gasteiger partial charge in [-0.1, -0.05) is 0 Å². The van der Waals surface area contributed by atoms with Crippen molar-refractivity contribution in [3.05, 3.63) is 35.0 Å². The standard InChI is InChI=1S/C13H16N4O/c18-13-12-8-15-6-3-11(12)7-16-17(13)9-10-1-4-14-5-2-10/h3,6-8,10,14H,1-2,4-5,9H2.